The van der Waals surface area contributed by atoms with Crippen LogP contribution in [0.3, 0.4) is 0 Å². The molecule has 7 heteroatoms. The van der Waals surface area contributed by atoms with E-state index in [1.807, 2.05) is 29.2 Å². The van der Waals surface area contributed by atoms with Gasteiger partial charge >= 0.3 is 0 Å². The van der Waals surface area contributed by atoms with Gasteiger partial charge < -0.3 is 9.88 Å². The maximum Gasteiger partial charge on any atom is 0.262 e. The first-order valence-electron chi connectivity index (χ1n) is 8.83. The van der Waals surface area contributed by atoms with Crippen molar-refractivity contribution in [2.24, 2.45) is 0 Å². The number of likely N-dealkylation sites (tertiary alicyclic amines) is 1. The van der Waals surface area contributed by atoms with Crippen LogP contribution in [0.15, 0.2) is 51.7 Å². The van der Waals surface area contributed by atoms with E-state index in [2.05, 4.69) is 20.9 Å². The number of nitrogens with one attached hydrogen (secondary N) is 1. The molecule has 2 heterocycles. The van der Waals surface area contributed by atoms with Gasteiger partial charge in [0.25, 0.3) is 11.5 Å². The molecule has 1 N–H and O–H groups in total. The van der Waals surface area contributed by atoms with Crippen molar-refractivity contribution in [3.63, 3.8) is 0 Å². The van der Waals surface area contributed by atoms with E-state index in [9.17, 15) is 9.59 Å². The highest BCUT2D eigenvalue weighted by Crippen LogP contribution is 2.17. The molecule has 0 spiro atoms. The molecule has 0 unspecified atom stereocenters. The zero-order chi connectivity index (χ0) is 19.0. The van der Waals surface area contributed by atoms with Gasteiger partial charge in [-0.25, -0.2) is 0 Å². The summed E-state index contributed by atoms with van der Waals surface area (Å²) >= 11 is 8.86. The fraction of sp³-hybridized carbons (Fsp3) is 0.250. The summed E-state index contributed by atoms with van der Waals surface area (Å²) in [6, 6.07) is 12.9. The lowest BCUT2D eigenvalue weighted by Gasteiger charge is -2.15. The van der Waals surface area contributed by atoms with Gasteiger partial charge in [0.15, 0.2) is 4.77 Å². The Labute approximate surface area is 169 Å². The minimum atomic E-state index is -0.158. The number of H-pyrrole nitrogens is 1. The standard InChI is InChI=1S/C20H18BrN3O2S/c21-15-5-3-4-13(10-15)12-24-19(26)16-7-6-14(11-17(16)22-20(24)27)18(25)23-8-1-2-9-23/h3-7,10-11H,1-2,8-9,12H2,(H,22,27). The quantitative estimate of drug-likeness (QED) is 0.619. The number of halogens is 1. The second kappa shape index (κ2) is 7.40. The molecule has 0 atom stereocenters. The van der Waals surface area contributed by atoms with Gasteiger partial charge in [-0.3, -0.25) is 14.2 Å². The molecule has 1 aliphatic rings. The topological polar surface area (TPSA) is 58.1 Å². The lowest BCUT2D eigenvalue weighted by molar-refractivity contribution is 0.0793. The number of amides is 1. The number of aromatic nitrogens is 2. The first-order chi connectivity index (χ1) is 13.0. The van der Waals surface area contributed by atoms with Gasteiger partial charge in [-0.15, -0.1) is 0 Å². The monoisotopic (exact) mass is 443 g/mol. The summed E-state index contributed by atoms with van der Waals surface area (Å²) in [6.45, 7) is 1.97. The van der Waals surface area contributed by atoms with Gasteiger partial charge in [0.2, 0.25) is 0 Å². The smallest absolute Gasteiger partial charge is 0.262 e. The average Bonchev–Trinajstić information content (AvgIpc) is 3.19. The highest BCUT2D eigenvalue weighted by atomic mass is 79.9. The number of rotatable bonds is 3. The normalized spacial score (nSPS) is 14.0. The lowest BCUT2D eigenvalue weighted by atomic mass is 10.1. The van der Waals surface area contributed by atoms with E-state index in [1.165, 1.54) is 0 Å². The van der Waals surface area contributed by atoms with Crippen molar-refractivity contribution in [2.75, 3.05) is 13.1 Å². The summed E-state index contributed by atoms with van der Waals surface area (Å²) in [4.78, 5) is 30.5. The summed E-state index contributed by atoms with van der Waals surface area (Å²) in [5.41, 5.74) is 2.00. The molecule has 1 fully saturated rings. The van der Waals surface area contributed by atoms with Gasteiger partial charge in [-0.2, -0.15) is 0 Å². The van der Waals surface area contributed by atoms with Gasteiger partial charge in [0, 0.05) is 23.1 Å². The third-order valence-electron chi connectivity index (χ3n) is 4.85. The number of carbonyl (C=O) groups is 1. The molecule has 138 valence electrons. The van der Waals surface area contributed by atoms with E-state index in [-0.39, 0.29) is 11.5 Å². The Bertz CT molecular complexity index is 1150. The van der Waals surface area contributed by atoms with Crippen LogP contribution >= 0.6 is 28.1 Å². The van der Waals surface area contributed by atoms with Gasteiger partial charge in [0.05, 0.1) is 17.4 Å². The first kappa shape index (κ1) is 18.1. The van der Waals surface area contributed by atoms with Crippen molar-refractivity contribution >= 4 is 45.0 Å². The number of hydrogen-bond acceptors (Lipinski definition) is 3. The molecule has 1 saturated heterocycles. The highest BCUT2D eigenvalue weighted by Gasteiger charge is 2.20. The summed E-state index contributed by atoms with van der Waals surface area (Å²) in [5.74, 6) is 0.00651. The molecule has 1 aliphatic heterocycles. The summed E-state index contributed by atoms with van der Waals surface area (Å²) in [5, 5.41) is 0.525. The van der Waals surface area contributed by atoms with Crippen LogP contribution in [0.25, 0.3) is 10.9 Å². The maximum absolute atomic E-state index is 12.9. The number of carbonyl (C=O) groups excluding carboxylic acids is 1. The highest BCUT2D eigenvalue weighted by molar-refractivity contribution is 9.10. The molecule has 0 radical (unpaired) electrons. The van der Waals surface area contributed by atoms with Crippen LogP contribution in [0.2, 0.25) is 0 Å². The summed E-state index contributed by atoms with van der Waals surface area (Å²) in [7, 11) is 0. The molecular formula is C20H18BrN3O2S. The number of hydrogen-bond donors (Lipinski definition) is 1. The van der Waals surface area contributed by atoms with Crippen LogP contribution in [0.4, 0.5) is 0 Å². The SMILES string of the molecule is O=C(c1ccc2c(=O)n(Cc3cccc(Br)c3)c(=S)[nH]c2c1)N1CCCC1. The van der Waals surface area contributed by atoms with Crippen LogP contribution in [-0.4, -0.2) is 33.4 Å². The van der Waals surface area contributed by atoms with Crippen molar-refractivity contribution < 1.29 is 4.79 Å². The molecule has 4 rings (SSSR count). The summed E-state index contributed by atoms with van der Waals surface area (Å²) in [6.07, 6.45) is 2.09. The predicted molar refractivity (Wildman–Crippen MR) is 112 cm³/mol. The fourth-order valence-corrected chi connectivity index (χ4v) is 4.16. The predicted octanol–water partition coefficient (Wildman–Crippen LogP) is 4.11. The minimum absolute atomic E-state index is 0.00651. The van der Waals surface area contributed by atoms with Crippen molar-refractivity contribution in [1.82, 2.24) is 14.5 Å². The molecule has 3 aromatic rings. The number of fused-ring (bicyclic) bond motifs is 1. The van der Waals surface area contributed by atoms with Crippen LogP contribution in [0.1, 0.15) is 28.8 Å². The Morgan fingerprint density at radius 2 is 1.93 bits per heavy atom. The fourth-order valence-electron chi connectivity index (χ4n) is 3.45. The Hall–Kier alpha value is -2.25. The number of benzene rings is 2. The third kappa shape index (κ3) is 3.61. The molecule has 0 bridgehead atoms. The van der Waals surface area contributed by atoms with E-state index in [4.69, 9.17) is 12.2 Å². The Kier molecular flexibility index (Phi) is 4.97. The molecule has 27 heavy (non-hydrogen) atoms. The molecule has 0 saturated carbocycles. The van der Waals surface area contributed by atoms with E-state index in [0.717, 1.165) is 36.0 Å². The van der Waals surface area contributed by atoms with E-state index in [0.29, 0.717) is 27.8 Å². The van der Waals surface area contributed by atoms with Gasteiger partial charge in [-0.05, 0) is 61.0 Å². The van der Waals surface area contributed by atoms with E-state index in [1.54, 1.807) is 22.8 Å². The van der Waals surface area contributed by atoms with Crippen molar-refractivity contribution in [3.8, 4) is 0 Å². The molecule has 5 nitrogen and oxygen atoms in total. The van der Waals surface area contributed by atoms with Crippen molar-refractivity contribution in [3.05, 3.63) is 73.2 Å². The minimum Gasteiger partial charge on any atom is -0.339 e. The zero-order valence-corrected chi connectivity index (χ0v) is 17.0. The molecule has 2 aromatic carbocycles. The second-order valence-electron chi connectivity index (χ2n) is 6.71. The van der Waals surface area contributed by atoms with E-state index >= 15 is 0 Å². The Balaban J connectivity index is 1.74. The van der Waals surface area contributed by atoms with Gasteiger partial charge in [0.1, 0.15) is 0 Å². The van der Waals surface area contributed by atoms with Crippen LogP contribution < -0.4 is 5.56 Å². The van der Waals surface area contributed by atoms with Crippen LogP contribution in [-0.2, 0) is 6.54 Å². The Morgan fingerprint density at radius 3 is 2.67 bits per heavy atom. The number of nitrogens with zero attached hydrogens (tertiary/aromatic N) is 2. The molecule has 1 aromatic heterocycles. The first-order valence-corrected chi connectivity index (χ1v) is 10.0. The molecule has 0 aliphatic carbocycles. The zero-order valence-electron chi connectivity index (χ0n) is 14.6. The maximum atomic E-state index is 12.9. The van der Waals surface area contributed by atoms with Crippen molar-refractivity contribution in [2.45, 2.75) is 19.4 Å². The largest absolute Gasteiger partial charge is 0.339 e. The lowest BCUT2D eigenvalue weighted by Crippen LogP contribution is -2.28. The summed E-state index contributed by atoms with van der Waals surface area (Å²) < 4.78 is 2.84. The van der Waals surface area contributed by atoms with Crippen LogP contribution in [0.5, 0.6) is 0 Å². The molecule has 1 amide bonds. The third-order valence-corrected chi connectivity index (χ3v) is 5.67. The van der Waals surface area contributed by atoms with Crippen molar-refractivity contribution in [1.29, 1.82) is 0 Å². The van der Waals surface area contributed by atoms with Crippen LogP contribution in [0, 0.1) is 4.77 Å². The number of aromatic amines is 1. The van der Waals surface area contributed by atoms with Gasteiger partial charge in [-0.1, -0.05) is 28.1 Å². The second-order valence-corrected chi connectivity index (χ2v) is 8.01. The Morgan fingerprint density at radius 1 is 1.15 bits per heavy atom. The molecular weight excluding hydrogens is 426 g/mol. The average molecular weight is 444 g/mol. The van der Waals surface area contributed by atoms with E-state index < -0.39 is 0 Å².